The molecule has 8 rings (SSSR count). The average molecular weight is 802 g/mol. The standard InChI is InChI=1S/C49H60N4O6/c54-43-24-22-41(42-23-25-46(56)51-48(42)43)44(55)34-50-28-11-3-1-2-4-12-32-58-40-21-13-20-39(33-40)47(38-18-9-6-10-19-38)52-49(57)59-45-35-53(30-26-37(45)27-31-53)29-14-17-36-15-7-5-8-16-36/h5-10,13,15-16,18-25,33,37,44-45,47,50,55H,1-4,11-12,14,17,26-32,34-35H2,(H2-,51,52,54,56,57)/p+1/t37?,44-,45-,47?,53?/m0/s1. The average Bonchev–Trinajstić information content (AvgIpc) is 3.26. The number of unbranched alkanes of at least 4 members (excludes halogenated alkanes) is 5. The molecule has 0 aliphatic carbocycles. The minimum Gasteiger partial charge on any atom is -0.506 e. The molecule has 1 amide bonds. The van der Waals surface area contributed by atoms with E-state index in [9.17, 15) is 19.8 Å². The van der Waals surface area contributed by atoms with Crippen LogP contribution in [-0.2, 0) is 11.2 Å². The number of aliphatic hydroxyl groups is 1. The molecule has 10 heteroatoms. The monoisotopic (exact) mass is 801 g/mol. The van der Waals surface area contributed by atoms with Gasteiger partial charge in [0.15, 0.2) is 6.10 Å². The second-order valence-corrected chi connectivity index (χ2v) is 16.6. The Hall–Kier alpha value is -5.16. The van der Waals surface area contributed by atoms with Gasteiger partial charge in [0.1, 0.15) is 18.0 Å². The van der Waals surface area contributed by atoms with Crippen LogP contribution in [0.3, 0.4) is 0 Å². The molecule has 0 saturated carbocycles. The molecular formula is C49H61N4O6+. The number of rotatable bonds is 21. The van der Waals surface area contributed by atoms with E-state index in [-0.39, 0.29) is 29.5 Å². The Bertz CT molecular complexity index is 2140. The summed E-state index contributed by atoms with van der Waals surface area (Å²) in [5.41, 5.74) is 4.06. The molecule has 0 spiro atoms. The molecule has 4 heterocycles. The number of nitrogens with zero attached hydrogens (tertiary/aromatic N) is 1. The summed E-state index contributed by atoms with van der Waals surface area (Å²) in [4.78, 5) is 28.0. The summed E-state index contributed by atoms with van der Waals surface area (Å²) in [7, 11) is 0. The van der Waals surface area contributed by atoms with Crippen LogP contribution < -0.4 is 20.9 Å². The van der Waals surface area contributed by atoms with Gasteiger partial charge in [0.2, 0.25) is 5.56 Å². The van der Waals surface area contributed by atoms with Crippen molar-refractivity contribution in [2.75, 3.05) is 45.9 Å². The molecule has 3 atom stereocenters. The third-order valence-electron chi connectivity index (χ3n) is 12.4. The Kier molecular flexibility index (Phi) is 14.7. The summed E-state index contributed by atoms with van der Waals surface area (Å²) >= 11 is 0. The molecule has 3 fully saturated rings. The lowest BCUT2D eigenvalue weighted by Gasteiger charge is -2.52. The number of aromatic nitrogens is 1. The summed E-state index contributed by atoms with van der Waals surface area (Å²) in [5.74, 6) is 1.21. The lowest BCUT2D eigenvalue weighted by molar-refractivity contribution is -0.946. The fourth-order valence-corrected chi connectivity index (χ4v) is 9.16. The number of aromatic amines is 1. The maximum atomic E-state index is 13.6. The largest absolute Gasteiger partial charge is 0.506 e. The second kappa shape index (κ2) is 20.7. The molecule has 10 nitrogen and oxygen atoms in total. The Morgan fingerprint density at radius 1 is 0.814 bits per heavy atom. The van der Waals surface area contributed by atoms with Crippen LogP contribution in [0.2, 0.25) is 0 Å². The van der Waals surface area contributed by atoms with Crippen molar-refractivity contribution in [1.82, 2.24) is 15.6 Å². The second-order valence-electron chi connectivity index (χ2n) is 16.6. The van der Waals surface area contributed by atoms with Crippen molar-refractivity contribution in [3.8, 4) is 11.5 Å². The third kappa shape index (κ3) is 11.5. The van der Waals surface area contributed by atoms with Gasteiger partial charge >= 0.3 is 6.09 Å². The first-order valence-corrected chi connectivity index (χ1v) is 21.7. The number of hydrogen-bond donors (Lipinski definition) is 5. The third-order valence-corrected chi connectivity index (χ3v) is 12.4. The van der Waals surface area contributed by atoms with E-state index in [2.05, 4.69) is 45.9 Å². The summed E-state index contributed by atoms with van der Waals surface area (Å²) in [6.07, 6.45) is 9.69. The van der Waals surface area contributed by atoms with Gasteiger partial charge in [-0.25, -0.2) is 4.79 Å². The van der Waals surface area contributed by atoms with Crippen molar-refractivity contribution in [2.24, 2.45) is 5.92 Å². The molecule has 1 unspecified atom stereocenters. The van der Waals surface area contributed by atoms with Crippen molar-refractivity contribution >= 4 is 17.0 Å². The van der Waals surface area contributed by atoms with Gasteiger partial charge in [-0.15, -0.1) is 0 Å². The molecule has 5 N–H and O–H groups in total. The molecule has 2 bridgehead atoms. The van der Waals surface area contributed by atoms with Crippen LogP contribution in [0.15, 0.2) is 114 Å². The molecule has 3 saturated heterocycles. The first-order chi connectivity index (χ1) is 28.9. The number of hydrogen-bond acceptors (Lipinski definition) is 7. The number of pyridine rings is 1. The molecule has 5 aromatic rings. The number of amides is 1. The topological polar surface area (TPSA) is 133 Å². The van der Waals surface area contributed by atoms with Crippen molar-refractivity contribution in [1.29, 1.82) is 0 Å². The number of piperidine rings is 3. The number of phenolic OH excluding ortho intramolecular Hbond substituents is 1. The molecule has 4 aromatic carbocycles. The lowest BCUT2D eigenvalue weighted by Crippen LogP contribution is -2.65. The lowest BCUT2D eigenvalue weighted by atomic mass is 9.83. The zero-order chi connectivity index (χ0) is 40.9. The quantitative estimate of drug-likeness (QED) is 0.0373. The number of quaternary nitrogens is 1. The first-order valence-electron chi connectivity index (χ1n) is 21.7. The molecule has 3 aliphatic rings. The Labute approximate surface area is 348 Å². The summed E-state index contributed by atoms with van der Waals surface area (Å²) < 4.78 is 13.5. The minimum absolute atomic E-state index is 0.0123. The highest BCUT2D eigenvalue weighted by atomic mass is 16.6. The maximum absolute atomic E-state index is 13.6. The van der Waals surface area contributed by atoms with E-state index in [0.717, 1.165) is 105 Å². The predicted octanol–water partition coefficient (Wildman–Crippen LogP) is 8.33. The van der Waals surface area contributed by atoms with Crippen LogP contribution in [0.25, 0.3) is 10.9 Å². The highest BCUT2D eigenvalue weighted by molar-refractivity contribution is 5.87. The van der Waals surface area contributed by atoms with E-state index in [4.69, 9.17) is 9.47 Å². The highest BCUT2D eigenvalue weighted by Crippen LogP contribution is 2.36. The van der Waals surface area contributed by atoms with Gasteiger partial charge in [0, 0.05) is 43.2 Å². The number of fused-ring (bicyclic) bond motifs is 4. The van der Waals surface area contributed by atoms with Gasteiger partial charge in [-0.05, 0) is 72.3 Å². The van der Waals surface area contributed by atoms with Gasteiger partial charge in [0.25, 0.3) is 0 Å². The van der Waals surface area contributed by atoms with Gasteiger partial charge in [-0.2, -0.15) is 0 Å². The van der Waals surface area contributed by atoms with E-state index in [0.29, 0.717) is 35.5 Å². The van der Waals surface area contributed by atoms with Crippen LogP contribution in [0, 0.1) is 5.92 Å². The van der Waals surface area contributed by atoms with E-state index in [1.54, 1.807) is 12.1 Å². The number of ether oxygens (including phenoxy) is 2. The number of nitrogens with one attached hydrogen (secondary N) is 3. The Morgan fingerprint density at radius 3 is 2.34 bits per heavy atom. The zero-order valence-corrected chi connectivity index (χ0v) is 34.2. The highest BCUT2D eigenvalue weighted by Gasteiger charge is 2.47. The predicted molar refractivity (Wildman–Crippen MR) is 233 cm³/mol. The summed E-state index contributed by atoms with van der Waals surface area (Å²) in [6.45, 7) is 6.21. The fourth-order valence-electron chi connectivity index (χ4n) is 9.16. The van der Waals surface area contributed by atoms with Gasteiger partial charge in [0.05, 0.1) is 43.9 Å². The van der Waals surface area contributed by atoms with Crippen LogP contribution in [0.4, 0.5) is 4.79 Å². The van der Waals surface area contributed by atoms with Crippen molar-refractivity contribution in [2.45, 2.75) is 82.5 Å². The smallest absolute Gasteiger partial charge is 0.408 e. The SMILES string of the molecule is O=C(NC(c1ccccc1)c1cccc(OCCCCCCCCNC[C@H](O)c2ccc(O)c3[nH]c(=O)ccc23)c1)O[C@H]1C[N+]2(CCCc3ccccc3)CCC1CC2. The van der Waals surface area contributed by atoms with Gasteiger partial charge in [-0.3, -0.25) is 4.79 Å². The number of benzene rings is 4. The van der Waals surface area contributed by atoms with Gasteiger partial charge in [-0.1, -0.05) is 105 Å². The van der Waals surface area contributed by atoms with Crippen molar-refractivity contribution in [3.63, 3.8) is 0 Å². The van der Waals surface area contributed by atoms with E-state index in [1.165, 1.54) is 30.8 Å². The van der Waals surface area contributed by atoms with Gasteiger partial charge < -0.3 is 39.8 Å². The van der Waals surface area contributed by atoms with Crippen molar-refractivity contribution < 1.29 is 29.0 Å². The van der Waals surface area contributed by atoms with E-state index >= 15 is 0 Å². The van der Waals surface area contributed by atoms with E-state index in [1.807, 2.05) is 54.6 Å². The number of phenols is 1. The number of carbonyl (C=O) groups is 1. The molecular weight excluding hydrogens is 741 g/mol. The first kappa shape index (κ1) is 42.0. The number of aryl methyl sites for hydroxylation is 1. The zero-order valence-electron chi connectivity index (χ0n) is 34.2. The Morgan fingerprint density at radius 2 is 1.54 bits per heavy atom. The molecule has 59 heavy (non-hydrogen) atoms. The number of aliphatic hydroxyl groups excluding tert-OH is 1. The maximum Gasteiger partial charge on any atom is 0.408 e. The normalized spacial score (nSPS) is 19.6. The fraction of sp³-hybridized carbons (Fsp3) is 0.429. The van der Waals surface area contributed by atoms with Crippen molar-refractivity contribution in [3.05, 3.63) is 142 Å². The molecule has 1 aromatic heterocycles. The number of H-pyrrole nitrogens is 1. The molecule has 312 valence electrons. The Balaban J connectivity index is 0.815. The minimum atomic E-state index is -0.753. The number of alkyl carbamates (subject to hydrolysis) is 1. The van der Waals surface area contributed by atoms with Crippen LogP contribution >= 0.6 is 0 Å². The van der Waals surface area contributed by atoms with Crippen LogP contribution in [0.5, 0.6) is 11.5 Å². The number of carbonyl (C=O) groups excluding carboxylic acids is 1. The number of aromatic hydroxyl groups is 1. The van der Waals surface area contributed by atoms with E-state index < -0.39 is 6.10 Å². The van der Waals surface area contributed by atoms with Crippen LogP contribution in [0.1, 0.15) is 92.2 Å². The molecule has 0 radical (unpaired) electrons. The summed E-state index contributed by atoms with van der Waals surface area (Å²) in [6, 6.07) is 34.7. The summed E-state index contributed by atoms with van der Waals surface area (Å²) in [5, 5.41) is 28.1. The van der Waals surface area contributed by atoms with Crippen LogP contribution in [-0.4, -0.2) is 77.8 Å². The molecule has 3 aliphatic heterocycles.